The summed E-state index contributed by atoms with van der Waals surface area (Å²) in [6, 6.07) is 8.24. The van der Waals surface area contributed by atoms with Crippen molar-refractivity contribution in [3.05, 3.63) is 42.5 Å². The first-order valence-electron chi connectivity index (χ1n) is 4.56. The molecule has 3 nitrogen and oxygen atoms in total. The van der Waals surface area contributed by atoms with E-state index in [0.29, 0.717) is 17.1 Å². The number of nitrogens with one attached hydrogen (secondary N) is 1. The van der Waals surface area contributed by atoms with Gasteiger partial charge in [-0.15, -0.1) is 0 Å². The molecule has 0 amide bonds. The van der Waals surface area contributed by atoms with E-state index < -0.39 is 0 Å². The molecule has 2 aromatic rings. The summed E-state index contributed by atoms with van der Waals surface area (Å²) in [6.45, 7) is 0. The molecule has 0 spiro atoms. The molecule has 0 bridgehead atoms. The van der Waals surface area contributed by atoms with Crippen LogP contribution in [0.15, 0.2) is 36.7 Å². The molecule has 0 saturated heterocycles. The third-order valence-electron chi connectivity index (χ3n) is 2.07. The number of hydrogen-bond acceptors (Lipinski definition) is 3. The Morgan fingerprint density at radius 2 is 2.00 bits per heavy atom. The minimum absolute atomic E-state index is 0.279. The van der Waals surface area contributed by atoms with Crippen LogP contribution in [0.1, 0.15) is 0 Å². The van der Waals surface area contributed by atoms with Gasteiger partial charge in [-0.1, -0.05) is 12.1 Å². The van der Waals surface area contributed by atoms with Gasteiger partial charge in [0.1, 0.15) is 18.0 Å². The lowest BCUT2D eigenvalue weighted by atomic mass is 10.1. The van der Waals surface area contributed by atoms with Crippen molar-refractivity contribution in [2.75, 3.05) is 12.4 Å². The maximum atomic E-state index is 13.4. The summed E-state index contributed by atoms with van der Waals surface area (Å²) in [5.41, 5.74) is 1.06. The zero-order valence-corrected chi connectivity index (χ0v) is 8.24. The molecular formula is C11H10FN3. The lowest BCUT2D eigenvalue weighted by Gasteiger charge is -2.03. The SMILES string of the molecule is CNc1cc(-c2ccccc2F)ncn1. The highest BCUT2D eigenvalue weighted by atomic mass is 19.1. The average Bonchev–Trinajstić information content (AvgIpc) is 2.30. The first kappa shape index (κ1) is 9.58. The van der Waals surface area contributed by atoms with Gasteiger partial charge in [0, 0.05) is 18.7 Å². The fourth-order valence-corrected chi connectivity index (χ4v) is 1.31. The zero-order valence-electron chi connectivity index (χ0n) is 8.24. The van der Waals surface area contributed by atoms with Gasteiger partial charge in [0.05, 0.1) is 5.69 Å². The molecule has 2 rings (SSSR count). The molecule has 0 fully saturated rings. The quantitative estimate of drug-likeness (QED) is 0.813. The highest BCUT2D eigenvalue weighted by Gasteiger charge is 2.05. The molecule has 1 aromatic carbocycles. The molecule has 4 heteroatoms. The minimum atomic E-state index is -0.279. The lowest BCUT2D eigenvalue weighted by molar-refractivity contribution is 0.630. The van der Waals surface area contributed by atoms with E-state index in [1.54, 1.807) is 31.3 Å². The van der Waals surface area contributed by atoms with Gasteiger partial charge in [0.25, 0.3) is 0 Å². The van der Waals surface area contributed by atoms with Gasteiger partial charge in [0.2, 0.25) is 0 Å². The number of benzene rings is 1. The Labute approximate surface area is 87.0 Å². The van der Waals surface area contributed by atoms with Crippen LogP contribution in [0.25, 0.3) is 11.3 Å². The third kappa shape index (κ3) is 1.93. The van der Waals surface area contributed by atoms with Crippen molar-refractivity contribution >= 4 is 5.82 Å². The number of anilines is 1. The van der Waals surface area contributed by atoms with Crippen LogP contribution in [0.2, 0.25) is 0 Å². The number of halogens is 1. The first-order chi connectivity index (χ1) is 7.31. The fraction of sp³-hybridized carbons (Fsp3) is 0.0909. The van der Waals surface area contributed by atoms with Crippen molar-refractivity contribution in [3.63, 3.8) is 0 Å². The van der Waals surface area contributed by atoms with Gasteiger partial charge in [-0.05, 0) is 12.1 Å². The second-order valence-electron chi connectivity index (χ2n) is 3.02. The molecule has 1 N–H and O–H groups in total. The second-order valence-corrected chi connectivity index (χ2v) is 3.02. The van der Waals surface area contributed by atoms with Crippen LogP contribution >= 0.6 is 0 Å². The van der Waals surface area contributed by atoms with Crippen LogP contribution in [0, 0.1) is 5.82 Å². The maximum Gasteiger partial charge on any atom is 0.132 e. The molecule has 1 heterocycles. The maximum absolute atomic E-state index is 13.4. The van der Waals surface area contributed by atoms with Gasteiger partial charge in [0.15, 0.2) is 0 Å². The molecule has 0 radical (unpaired) electrons. The Balaban J connectivity index is 2.49. The van der Waals surface area contributed by atoms with E-state index in [2.05, 4.69) is 15.3 Å². The number of aromatic nitrogens is 2. The van der Waals surface area contributed by atoms with Gasteiger partial charge in [-0.2, -0.15) is 0 Å². The van der Waals surface area contributed by atoms with Crippen molar-refractivity contribution in [3.8, 4) is 11.3 Å². The zero-order chi connectivity index (χ0) is 10.7. The Kier molecular flexibility index (Phi) is 2.58. The lowest BCUT2D eigenvalue weighted by Crippen LogP contribution is -1.95. The molecule has 76 valence electrons. The monoisotopic (exact) mass is 203 g/mol. The third-order valence-corrected chi connectivity index (χ3v) is 2.07. The highest BCUT2D eigenvalue weighted by Crippen LogP contribution is 2.21. The highest BCUT2D eigenvalue weighted by molar-refractivity contribution is 5.62. The van der Waals surface area contributed by atoms with Crippen LogP contribution < -0.4 is 5.32 Å². The molecule has 0 unspecified atom stereocenters. The Hall–Kier alpha value is -1.97. The summed E-state index contributed by atoms with van der Waals surface area (Å²) in [5, 5.41) is 2.88. The normalized spacial score (nSPS) is 10.0. The van der Waals surface area contributed by atoms with Crippen LogP contribution in [-0.2, 0) is 0 Å². The Morgan fingerprint density at radius 1 is 1.20 bits per heavy atom. The average molecular weight is 203 g/mol. The van der Waals surface area contributed by atoms with Gasteiger partial charge < -0.3 is 5.32 Å². The summed E-state index contributed by atoms with van der Waals surface area (Å²) < 4.78 is 13.4. The van der Waals surface area contributed by atoms with E-state index in [4.69, 9.17) is 0 Å². The van der Waals surface area contributed by atoms with E-state index in [1.165, 1.54) is 12.4 Å². The van der Waals surface area contributed by atoms with Crippen LogP contribution in [-0.4, -0.2) is 17.0 Å². The number of rotatable bonds is 2. The Bertz CT molecular complexity index is 471. The molecule has 0 aliphatic rings. The van der Waals surface area contributed by atoms with Crippen LogP contribution in [0.4, 0.5) is 10.2 Å². The fourth-order valence-electron chi connectivity index (χ4n) is 1.31. The van der Waals surface area contributed by atoms with Gasteiger partial charge in [-0.3, -0.25) is 0 Å². The van der Waals surface area contributed by atoms with Crippen LogP contribution in [0.5, 0.6) is 0 Å². The molecular weight excluding hydrogens is 193 g/mol. The standard InChI is InChI=1S/C11H10FN3/c1-13-11-6-10(14-7-15-11)8-4-2-3-5-9(8)12/h2-7H,1H3,(H,13,14,15). The van der Waals surface area contributed by atoms with E-state index in [9.17, 15) is 4.39 Å². The van der Waals surface area contributed by atoms with Crippen molar-refractivity contribution in [1.82, 2.24) is 9.97 Å². The van der Waals surface area contributed by atoms with Crippen molar-refractivity contribution in [1.29, 1.82) is 0 Å². The van der Waals surface area contributed by atoms with Crippen LogP contribution in [0.3, 0.4) is 0 Å². The van der Waals surface area contributed by atoms with Crippen molar-refractivity contribution in [2.24, 2.45) is 0 Å². The molecule has 0 saturated carbocycles. The summed E-state index contributed by atoms with van der Waals surface area (Å²) in [6.07, 6.45) is 1.41. The van der Waals surface area contributed by atoms with Gasteiger partial charge in [-0.25, -0.2) is 14.4 Å². The summed E-state index contributed by atoms with van der Waals surface area (Å²) >= 11 is 0. The Morgan fingerprint density at radius 3 is 2.73 bits per heavy atom. The number of hydrogen-bond donors (Lipinski definition) is 1. The topological polar surface area (TPSA) is 37.8 Å². The van der Waals surface area contributed by atoms with E-state index in [0.717, 1.165) is 0 Å². The second kappa shape index (κ2) is 4.04. The van der Waals surface area contributed by atoms with E-state index in [1.807, 2.05) is 0 Å². The van der Waals surface area contributed by atoms with Crippen molar-refractivity contribution in [2.45, 2.75) is 0 Å². The predicted molar refractivity (Wildman–Crippen MR) is 57.0 cm³/mol. The molecule has 1 aromatic heterocycles. The smallest absolute Gasteiger partial charge is 0.132 e. The van der Waals surface area contributed by atoms with Gasteiger partial charge >= 0.3 is 0 Å². The molecule has 0 aliphatic carbocycles. The summed E-state index contributed by atoms with van der Waals surface area (Å²) in [5.74, 6) is 0.390. The van der Waals surface area contributed by atoms with Crippen molar-refractivity contribution < 1.29 is 4.39 Å². The largest absolute Gasteiger partial charge is 0.373 e. The molecule has 0 atom stereocenters. The molecule has 15 heavy (non-hydrogen) atoms. The van der Waals surface area contributed by atoms with E-state index in [-0.39, 0.29) is 5.82 Å². The van der Waals surface area contributed by atoms with E-state index >= 15 is 0 Å². The molecule has 0 aliphatic heterocycles. The first-order valence-corrected chi connectivity index (χ1v) is 4.56. The number of nitrogens with zero attached hydrogens (tertiary/aromatic N) is 2. The summed E-state index contributed by atoms with van der Waals surface area (Å²) in [7, 11) is 1.76. The minimum Gasteiger partial charge on any atom is -0.373 e. The predicted octanol–water partition coefficient (Wildman–Crippen LogP) is 2.32. The summed E-state index contributed by atoms with van der Waals surface area (Å²) in [4.78, 5) is 8.00.